The Balaban J connectivity index is 2.26. The maximum absolute atomic E-state index is 12.4. The third-order valence-electron chi connectivity index (χ3n) is 3.27. The lowest BCUT2D eigenvalue weighted by molar-refractivity contribution is 0.112. The van der Waals surface area contributed by atoms with Gasteiger partial charge in [0, 0.05) is 18.7 Å². The van der Waals surface area contributed by atoms with Crippen molar-refractivity contribution >= 4 is 16.3 Å². The second-order valence-electron chi connectivity index (χ2n) is 4.80. The lowest BCUT2D eigenvalue weighted by atomic mass is 10.0. The summed E-state index contributed by atoms with van der Waals surface area (Å²) in [5, 5.41) is 0. The van der Waals surface area contributed by atoms with Crippen LogP contribution in [0.5, 0.6) is 0 Å². The molecule has 1 heterocycles. The van der Waals surface area contributed by atoms with Crippen molar-refractivity contribution in [3.63, 3.8) is 0 Å². The number of benzene rings is 1. The molecule has 2 rings (SSSR count). The average Bonchev–Trinajstić information content (AvgIpc) is 2.39. The van der Waals surface area contributed by atoms with Crippen LogP contribution in [-0.2, 0) is 10.0 Å². The first kappa shape index (κ1) is 13.2. The van der Waals surface area contributed by atoms with Crippen LogP contribution >= 0.6 is 0 Å². The number of hydrogen-bond donors (Lipinski definition) is 0. The Morgan fingerprint density at radius 3 is 2.50 bits per heavy atom. The summed E-state index contributed by atoms with van der Waals surface area (Å²) in [7, 11) is -3.40. The predicted molar refractivity (Wildman–Crippen MR) is 69.0 cm³/mol. The van der Waals surface area contributed by atoms with Crippen LogP contribution in [0.2, 0.25) is 0 Å². The molecular weight excluding hydrogens is 250 g/mol. The number of aldehydes is 1. The van der Waals surface area contributed by atoms with E-state index in [1.165, 1.54) is 28.6 Å². The van der Waals surface area contributed by atoms with Gasteiger partial charge < -0.3 is 0 Å². The average molecular weight is 267 g/mol. The first-order chi connectivity index (χ1) is 8.54. The van der Waals surface area contributed by atoms with Gasteiger partial charge >= 0.3 is 0 Å². The number of sulfonamides is 1. The highest BCUT2D eigenvalue weighted by molar-refractivity contribution is 7.89. The topological polar surface area (TPSA) is 54.5 Å². The molecule has 0 aliphatic carbocycles. The summed E-state index contributed by atoms with van der Waals surface area (Å²) in [6.45, 7) is 3.23. The van der Waals surface area contributed by atoms with Crippen molar-refractivity contribution in [1.29, 1.82) is 0 Å². The summed E-state index contributed by atoms with van der Waals surface area (Å²) in [6, 6.07) is 6.07. The summed E-state index contributed by atoms with van der Waals surface area (Å²) in [5.74, 6) is 0.405. The van der Waals surface area contributed by atoms with Crippen molar-refractivity contribution in [3.8, 4) is 0 Å². The van der Waals surface area contributed by atoms with E-state index in [9.17, 15) is 13.2 Å². The van der Waals surface area contributed by atoms with Crippen LogP contribution in [0.25, 0.3) is 0 Å². The van der Waals surface area contributed by atoms with Crippen molar-refractivity contribution in [2.24, 2.45) is 5.92 Å². The molecule has 0 N–H and O–H groups in total. The van der Waals surface area contributed by atoms with Gasteiger partial charge in [-0.2, -0.15) is 4.31 Å². The number of nitrogens with zero attached hydrogens (tertiary/aromatic N) is 1. The molecule has 1 aliphatic rings. The molecular formula is C13H17NO3S. The molecule has 0 bridgehead atoms. The van der Waals surface area contributed by atoms with Crippen molar-refractivity contribution < 1.29 is 13.2 Å². The number of carbonyl (C=O) groups is 1. The first-order valence-electron chi connectivity index (χ1n) is 6.09. The molecule has 0 saturated carbocycles. The molecule has 0 amide bonds. The fourth-order valence-electron chi connectivity index (χ4n) is 2.23. The Morgan fingerprint density at radius 2 is 1.94 bits per heavy atom. The van der Waals surface area contributed by atoms with Crippen molar-refractivity contribution in [2.75, 3.05) is 13.1 Å². The van der Waals surface area contributed by atoms with E-state index in [-0.39, 0.29) is 4.90 Å². The quantitative estimate of drug-likeness (QED) is 0.786. The van der Waals surface area contributed by atoms with Gasteiger partial charge in [-0.1, -0.05) is 19.1 Å². The largest absolute Gasteiger partial charge is 0.298 e. The molecule has 18 heavy (non-hydrogen) atoms. The van der Waals surface area contributed by atoms with Crippen LogP contribution in [0.4, 0.5) is 0 Å². The molecule has 4 nitrogen and oxygen atoms in total. The molecule has 0 aromatic heterocycles. The van der Waals surface area contributed by atoms with Crippen LogP contribution in [0, 0.1) is 5.92 Å². The standard InChI is InChI=1S/C13H17NO3S/c1-11-3-2-8-14(9-11)18(16,17)13-6-4-12(10-15)5-7-13/h4-7,10-11H,2-3,8-9H2,1H3. The Hall–Kier alpha value is -1.20. The molecule has 1 aromatic carbocycles. The Morgan fingerprint density at radius 1 is 1.28 bits per heavy atom. The fourth-order valence-corrected chi connectivity index (χ4v) is 3.83. The van der Waals surface area contributed by atoms with Crippen molar-refractivity contribution in [2.45, 2.75) is 24.7 Å². The van der Waals surface area contributed by atoms with E-state index in [1.54, 1.807) is 0 Å². The van der Waals surface area contributed by atoms with E-state index < -0.39 is 10.0 Å². The highest BCUT2D eigenvalue weighted by Crippen LogP contribution is 2.23. The molecule has 1 unspecified atom stereocenters. The molecule has 1 atom stereocenters. The van der Waals surface area contributed by atoms with Gasteiger partial charge in [-0.25, -0.2) is 8.42 Å². The van der Waals surface area contributed by atoms with Gasteiger partial charge in [-0.05, 0) is 30.9 Å². The minimum absolute atomic E-state index is 0.266. The number of rotatable bonds is 3. The van der Waals surface area contributed by atoms with Gasteiger partial charge in [0.1, 0.15) is 6.29 Å². The number of carbonyl (C=O) groups excluding carboxylic acids is 1. The number of hydrogen-bond acceptors (Lipinski definition) is 3. The lowest BCUT2D eigenvalue weighted by Gasteiger charge is -2.30. The summed E-state index contributed by atoms with van der Waals surface area (Å²) < 4.78 is 26.3. The summed E-state index contributed by atoms with van der Waals surface area (Å²) in [6.07, 6.45) is 2.70. The minimum Gasteiger partial charge on any atom is -0.298 e. The van der Waals surface area contributed by atoms with Crippen molar-refractivity contribution in [1.82, 2.24) is 4.31 Å². The molecule has 98 valence electrons. The van der Waals surface area contributed by atoms with E-state index in [2.05, 4.69) is 6.92 Å². The molecule has 1 aromatic rings. The fraction of sp³-hybridized carbons (Fsp3) is 0.462. The Kier molecular flexibility index (Phi) is 3.82. The second-order valence-corrected chi connectivity index (χ2v) is 6.74. The highest BCUT2D eigenvalue weighted by atomic mass is 32.2. The highest BCUT2D eigenvalue weighted by Gasteiger charge is 2.28. The van der Waals surface area contributed by atoms with Crippen molar-refractivity contribution in [3.05, 3.63) is 29.8 Å². The van der Waals surface area contributed by atoms with Crippen LogP contribution in [0.15, 0.2) is 29.2 Å². The summed E-state index contributed by atoms with van der Waals surface area (Å²) in [4.78, 5) is 10.8. The molecule has 5 heteroatoms. The van der Waals surface area contributed by atoms with E-state index in [0.717, 1.165) is 12.8 Å². The maximum atomic E-state index is 12.4. The monoisotopic (exact) mass is 267 g/mol. The SMILES string of the molecule is CC1CCCN(S(=O)(=O)c2ccc(C=O)cc2)C1. The van der Waals surface area contributed by atoms with E-state index in [0.29, 0.717) is 30.9 Å². The third kappa shape index (κ3) is 2.62. The third-order valence-corrected chi connectivity index (χ3v) is 5.15. The zero-order valence-corrected chi connectivity index (χ0v) is 11.2. The normalized spacial score (nSPS) is 21.7. The van der Waals surface area contributed by atoms with Crippen LogP contribution in [-0.4, -0.2) is 32.1 Å². The maximum Gasteiger partial charge on any atom is 0.243 e. The molecule has 1 aliphatic heterocycles. The van der Waals surface area contributed by atoms with Gasteiger partial charge in [0.15, 0.2) is 0 Å². The first-order valence-corrected chi connectivity index (χ1v) is 7.53. The molecule has 0 spiro atoms. The summed E-state index contributed by atoms with van der Waals surface area (Å²) >= 11 is 0. The van der Waals surface area contributed by atoms with E-state index in [4.69, 9.17) is 0 Å². The van der Waals surface area contributed by atoms with Gasteiger partial charge in [0.2, 0.25) is 10.0 Å². The van der Waals surface area contributed by atoms with E-state index in [1.807, 2.05) is 0 Å². The Labute approximate surface area is 108 Å². The Bertz CT molecular complexity index is 522. The van der Waals surface area contributed by atoms with Gasteiger partial charge in [0.05, 0.1) is 4.90 Å². The minimum atomic E-state index is -3.40. The zero-order valence-electron chi connectivity index (χ0n) is 10.4. The van der Waals surface area contributed by atoms with Gasteiger partial charge in [0.25, 0.3) is 0 Å². The molecule has 1 saturated heterocycles. The number of piperidine rings is 1. The van der Waals surface area contributed by atoms with Gasteiger partial charge in [-0.15, -0.1) is 0 Å². The molecule has 1 fully saturated rings. The smallest absolute Gasteiger partial charge is 0.243 e. The molecule has 0 radical (unpaired) electrons. The van der Waals surface area contributed by atoms with Crippen LogP contribution in [0.1, 0.15) is 30.1 Å². The van der Waals surface area contributed by atoms with Gasteiger partial charge in [-0.3, -0.25) is 4.79 Å². The second kappa shape index (κ2) is 5.20. The zero-order chi connectivity index (χ0) is 13.2. The predicted octanol–water partition coefficient (Wildman–Crippen LogP) is 1.92. The summed E-state index contributed by atoms with van der Waals surface area (Å²) in [5.41, 5.74) is 0.487. The lowest BCUT2D eigenvalue weighted by Crippen LogP contribution is -2.39. The van der Waals surface area contributed by atoms with Crippen LogP contribution < -0.4 is 0 Å². The van der Waals surface area contributed by atoms with Crippen LogP contribution in [0.3, 0.4) is 0 Å². The van der Waals surface area contributed by atoms with E-state index >= 15 is 0 Å².